The zero-order chi connectivity index (χ0) is 11.0. The molecule has 1 N–H and O–H groups in total. The summed E-state index contributed by atoms with van der Waals surface area (Å²) in [6, 6.07) is 0. The summed E-state index contributed by atoms with van der Waals surface area (Å²) in [6.45, 7) is 4.30. The Morgan fingerprint density at radius 2 is 2.00 bits per heavy atom. The van der Waals surface area contributed by atoms with Crippen LogP contribution in [0.15, 0.2) is 18.6 Å². The van der Waals surface area contributed by atoms with Crippen LogP contribution in [0.5, 0.6) is 0 Å². The Morgan fingerprint density at radius 1 is 1.25 bits per heavy atom. The van der Waals surface area contributed by atoms with Crippen LogP contribution in [0.2, 0.25) is 0 Å². The van der Waals surface area contributed by atoms with Crippen LogP contribution in [0, 0.1) is 6.92 Å². The van der Waals surface area contributed by atoms with Gasteiger partial charge in [0, 0.05) is 18.1 Å². The highest BCUT2D eigenvalue weighted by molar-refractivity contribution is 5.33. The predicted molar refractivity (Wildman–Crippen MR) is 62.6 cm³/mol. The van der Waals surface area contributed by atoms with Gasteiger partial charge in [0.15, 0.2) is 0 Å². The van der Waals surface area contributed by atoms with Gasteiger partial charge >= 0.3 is 0 Å². The molecule has 0 spiro atoms. The molecule has 1 aliphatic rings. The number of fused-ring (bicyclic) bond motifs is 1. The number of hydrogen-bond donors (Lipinski definition) is 1. The Morgan fingerprint density at radius 3 is 2.81 bits per heavy atom. The molecule has 1 fully saturated rings. The highest BCUT2D eigenvalue weighted by atomic mass is 15.1. The number of hydrogen-bond acceptors (Lipinski definition) is 3. The highest BCUT2D eigenvalue weighted by Crippen LogP contribution is 2.24. The SMILES string of the molecule is Cc1cnc2ncc(C3CCNCC3)cn12. The topological polar surface area (TPSA) is 42.2 Å². The van der Waals surface area contributed by atoms with Crippen LogP contribution in [0.4, 0.5) is 0 Å². The summed E-state index contributed by atoms with van der Waals surface area (Å²) in [6.07, 6.45) is 8.47. The molecular formula is C12H16N4. The molecule has 1 aliphatic heterocycles. The van der Waals surface area contributed by atoms with Gasteiger partial charge in [-0.2, -0.15) is 0 Å². The molecule has 0 atom stereocenters. The van der Waals surface area contributed by atoms with Gasteiger partial charge in [-0.3, -0.25) is 4.40 Å². The molecule has 4 nitrogen and oxygen atoms in total. The van der Waals surface area contributed by atoms with Crippen molar-refractivity contribution in [2.24, 2.45) is 0 Å². The van der Waals surface area contributed by atoms with E-state index in [9.17, 15) is 0 Å². The summed E-state index contributed by atoms with van der Waals surface area (Å²) in [4.78, 5) is 8.65. The lowest BCUT2D eigenvalue weighted by atomic mass is 9.92. The molecule has 0 bridgehead atoms. The lowest BCUT2D eigenvalue weighted by Gasteiger charge is -2.22. The van der Waals surface area contributed by atoms with Crippen molar-refractivity contribution >= 4 is 5.78 Å². The lowest BCUT2D eigenvalue weighted by molar-refractivity contribution is 0.458. The van der Waals surface area contributed by atoms with E-state index in [0.29, 0.717) is 5.92 Å². The molecule has 3 heterocycles. The van der Waals surface area contributed by atoms with E-state index in [2.05, 4.69) is 32.8 Å². The summed E-state index contributed by atoms with van der Waals surface area (Å²) in [7, 11) is 0. The van der Waals surface area contributed by atoms with Crippen LogP contribution in [0.1, 0.15) is 30.0 Å². The summed E-state index contributed by atoms with van der Waals surface area (Å²) < 4.78 is 2.08. The van der Waals surface area contributed by atoms with Gasteiger partial charge in [0.25, 0.3) is 0 Å². The Hall–Kier alpha value is -1.42. The van der Waals surface area contributed by atoms with E-state index in [1.807, 2.05) is 12.4 Å². The van der Waals surface area contributed by atoms with E-state index in [1.54, 1.807) is 0 Å². The van der Waals surface area contributed by atoms with Crippen LogP contribution in [-0.4, -0.2) is 27.5 Å². The third kappa shape index (κ3) is 1.59. The van der Waals surface area contributed by atoms with Crippen molar-refractivity contribution in [3.05, 3.63) is 29.8 Å². The maximum atomic E-state index is 4.41. The fourth-order valence-corrected chi connectivity index (χ4v) is 2.37. The molecule has 3 rings (SSSR count). The molecule has 0 aromatic carbocycles. The second-order valence-electron chi connectivity index (χ2n) is 4.48. The third-order valence-electron chi connectivity index (χ3n) is 3.38. The minimum Gasteiger partial charge on any atom is -0.317 e. The van der Waals surface area contributed by atoms with Crippen molar-refractivity contribution in [3.8, 4) is 0 Å². The Labute approximate surface area is 94.7 Å². The van der Waals surface area contributed by atoms with Crippen LogP contribution >= 0.6 is 0 Å². The minimum absolute atomic E-state index is 0.653. The minimum atomic E-state index is 0.653. The van der Waals surface area contributed by atoms with Crippen LogP contribution in [0.25, 0.3) is 5.78 Å². The second kappa shape index (κ2) is 3.87. The quantitative estimate of drug-likeness (QED) is 0.785. The van der Waals surface area contributed by atoms with E-state index in [0.717, 1.165) is 24.6 Å². The Kier molecular flexibility index (Phi) is 2.36. The summed E-state index contributed by atoms with van der Waals surface area (Å²) in [5.41, 5.74) is 2.49. The van der Waals surface area contributed by atoms with E-state index in [4.69, 9.17) is 0 Å². The zero-order valence-corrected chi connectivity index (χ0v) is 9.48. The number of piperidine rings is 1. The maximum absolute atomic E-state index is 4.41. The molecule has 84 valence electrons. The van der Waals surface area contributed by atoms with Crippen LogP contribution < -0.4 is 5.32 Å². The Balaban J connectivity index is 1.99. The summed E-state index contributed by atoms with van der Waals surface area (Å²) in [5, 5.41) is 3.39. The van der Waals surface area contributed by atoms with Gasteiger partial charge in [-0.1, -0.05) is 0 Å². The fourth-order valence-electron chi connectivity index (χ4n) is 2.37. The monoisotopic (exact) mass is 216 g/mol. The zero-order valence-electron chi connectivity index (χ0n) is 9.48. The van der Waals surface area contributed by atoms with Gasteiger partial charge < -0.3 is 5.32 Å². The van der Waals surface area contributed by atoms with E-state index in [-0.39, 0.29) is 0 Å². The van der Waals surface area contributed by atoms with Gasteiger partial charge in [0.2, 0.25) is 5.78 Å². The van der Waals surface area contributed by atoms with Crippen molar-refractivity contribution in [1.82, 2.24) is 19.7 Å². The standard InChI is InChI=1S/C12H16N4/c1-9-6-14-12-15-7-11(8-16(9)12)10-2-4-13-5-3-10/h6-8,10,13H,2-5H2,1H3. The highest BCUT2D eigenvalue weighted by Gasteiger charge is 2.16. The van der Waals surface area contributed by atoms with Gasteiger partial charge in [0.1, 0.15) is 0 Å². The molecule has 0 saturated carbocycles. The van der Waals surface area contributed by atoms with Crippen molar-refractivity contribution in [2.75, 3.05) is 13.1 Å². The predicted octanol–water partition coefficient (Wildman–Crippen LogP) is 1.50. The van der Waals surface area contributed by atoms with Crippen molar-refractivity contribution in [1.29, 1.82) is 0 Å². The van der Waals surface area contributed by atoms with Gasteiger partial charge in [0.05, 0.1) is 6.20 Å². The first-order chi connectivity index (χ1) is 7.84. The number of rotatable bonds is 1. The molecule has 2 aromatic rings. The maximum Gasteiger partial charge on any atom is 0.233 e. The molecule has 16 heavy (non-hydrogen) atoms. The molecule has 1 saturated heterocycles. The van der Waals surface area contributed by atoms with Crippen LogP contribution in [0.3, 0.4) is 0 Å². The molecule has 0 aliphatic carbocycles. The van der Waals surface area contributed by atoms with Crippen molar-refractivity contribution in [2.45, 2.75) is 25.7 Å². The first-order valence-electron chi connectivity index (χ1n) is 5.85. The van der Waals surface area contributed by atoms with Gasteiger partial charge in [-0.05, 0) is 44.3 Å². The summed E-state index contributed by atoms with van der Waals surface area (Å²) >= 11 is 0. The van der Waals surface area contributed by atoms with Crippen molar-refractivity contribution in [3.63, 3.8) is 0 Å². The molecule has 0 unspecified atom stereocenters. The average Bonchev–Trinajstić information content (AvgIpc) is 2.72. The number of aryl methyl sites for hydroxylation is 1. The Bertz CT molecular complexity index is 497. The van der Waals surface area contributed by atoms with Gasteiger partial charge in [-0.15, -0.1) is 0 Å². The van der Waals surface area contributed by atoms with Crippen LogP contribution in [-0.2, 0) is 0 Å². The second-order valence-corrected chi connectivity index (χ2v) is 4.48. The summed E-state index contributed by atoms with van der Waals surface area (Å²) in [5.74, 6) is 1.45. The molecule has 0 radical (unpaired) electrons. The fraction of sp³-hybridized carbons (Fsp3) is 0.500. The largest absolute Gasteiger partial charge is 0.317 e. The molecule has 4 heteroatoms. The van der Waals surface area contributed by atoms with Crippen molar-refractivity contribution < 1.29 is 0 Å². The van der Waals surface area contributed by atoms with E-state index >= 15 is 0 Å². The first kappa shape index (κ1) is 9.78. The number of aromatic nitrogens is 3. The number of imidazole rings is 1. The average molecular weight is 216 g/mol. The third-order valence-corrected chi connectivity index (χ3v) is 3.38. The molecule has 2 aromatic heterocycles. The number of nitrogens with one attached hydrogen (secondary N) is 1. The number of nitrogens with zero attached hydrogens (tertiary/aromatic N) is 3. The first-order valence-corrected chi connectivity index (χ1v) is 5.85. The lowest BCUT2D eigenvalue weighted by Crippen LogP contribution is -2.26. The smallest absolute Gasteiger partial charge is 0.233 e. The molecular weight excluding hydrogens is 200 g/mol. The van der Waals surface area contributed by atoms with Gasteiger partial charge in [-0.25, -0.2) is 9.97 Å². The van der Waals surface area contributed by atoms with E-state index in [1.165, 1.54) is 18.4 Å². The molecule has 0 amide bonds. The van der Waals surface area contributed by atoms with E-state index < -0.39 is 0 Å². The normalized spacial score (nSPS) is 18.1.